The van der Waals surface area contributed by atoms with E-state index < -0.39 is 40.2 Å². The highest BCUT2D eigenvalue weighted by Gasteiger charge is 2.57. The van der Waals surface area contributed by atoms with Crippen LogP contribution >= 0.6 is 11.8 Å². The highest BCUT2D eigenvalue weighted by atomic mass is 32.2. The molecule has 3 aliphatic rings. The summed E-state index contributed by atoms with van der Waals surface area (Å²) in [5, 5.41) is 15.3. The fourth-order valence-corrected chi connectivity index (χ4v) is 6.27. The molecule has 1 aromatic heterocycles. The van der Waals surface area contributed by atoms with E-state index in [2.05, 4.69) is 15.6 Å². The standard InChI is InChI=1S/C21H28N4O8S/c1-11-8-25(20(31)24-17(11)27)14-6-5-12(33-14)9-32-15(26)4-2-3-7-21(18(28)29)16-13(10-34-21)22-19(30)23-16/h8,12-14,16H,2-7,9-10H2,1H3,(H,28,29)(H2,22,23,30)(H,24,27,31)/t12-,13-,14+,16-,21-/m0/s1. The number of esters is 1. The van der Waals surface area contributed by atoms with Crippen molar-refractivity contribution in [2.75, 3.05) is 12.4 Å². The summed E-state index contributed by atoms with van der Waals surface area (Å²) in [6.07, 6.45) is 3.18. The Bertz CT molecular complexity index is 1090. The average molecular weight is 497 g/mol. The maximum absolute atomic E-state index is 12.2. The monoisotopic (exact) mass is 496 g/mol. The van der Waals surface area contributed by atoms with E-state index >= 15 is 0 Å². The maximum Gasteiger partial charge on any atom is 0.330 e. The second-order valence-electron chi connectivity index (χ2n) is 8.87. The normalized spacial score (nSPS) is 30.0. The number of fused-ring (bicyclic) bond motifs is 1. The number of nitrogens with one attached hydrogen (secondary N) is 3. The van der Waals surface area contributed by atoms with Gasteiger partial charge in [-0.2, -0.15) is 0 Å². The molecule has 4 rings (SSSR count). The first-order valence-electron chi connectivity index (χ1n) is 11.3. The van der Waals surface area contributed by atoms with Crippen LogP contribution in [0.5, 0.6) is 0 Å². The first-order valence-corrected chi connectivity index (χ1v) is 12.3. The third kappa shape index (κ3) is 4.85. The van der Waals surface area contributed by atoms with Gasteiger partial charge in [0.15, 0.2) is 0 Å². The number of thioether (sulfide) groups is 1. The fourth-order valence-electron chi connectivity index (χ4n) is 4.70. The Morgan fingerprint density at radius 3 is 2.82 bits per heavy atom. The molecule has 0 aromatic carbocycles. The molecule has 5 atom stereocenters. The van der Waals surface area contributed by atoms with Gasteiger partial charge in [-0.1, -0.05) is 6.42 Å². The van der Waals surface area contributed by atoms with E-state index in [-0.39, 0.29) is 31.2 Å². The van der Waals surface area contributed by atoms with Crippen LogP contribution in [0.1, 0.15) is 50.3 Å². The molecule has 4 heterocycles. The second kappa shape index (κ2) is 9.82. The highest BCUT2D eigenvalue weighted by Crippen LogP contribution is 2.44. The van der Waals surface area contributed by atoms with E-state index in [1.807, 2.05) is 0 Å². The lowest BCUT2D eigenvalue weighted by Crippen LogP contribution is -2.51. The summed E-state index contributed by atoms with van der Waals surface area (Å²) in [6, 6.07) is -1.02. The summed E-state index contributed by atoms with van der Waals surface area (Å²) in [5.41, 5.74) is -0.576. The van der Waals surface area contributed by atoms with Crippen molar-refractivity contribution in [1.29, 1.82) is 0 Å². The molecule has 3 aliphatic heterocycles. The summed E-state index contributed by atoms with van der Waals surface area (Å²) in [4.78, 5) is 61.5. The van der Waals surface area contributed by atoms with E-state index in [1.54, 1.807) is 6.92 Å². The number of carboxylic acids is 1. The van der Waals surface area contributed by atoms with Crippen LogP contribution in [-0.2, 0) is 19.1 Å². The van der Waals surface area contributed by atoms with Crippen molar-refractivity contribution in [3.05, 3.63) is 32.6 Å². The number of urea groups is 1. The van der Waals surface area contributed by atoms with Crippen LogP contribution in [0.2, 0.25) is 0 Å². The molecule has 0 aliphatic carbocycles. The lowest BCUT2D eigenvalue weighted by molar-refractivity contribution is -0.148. The Hall–Kier alpha value is -2.80. The van der Waals surface area contributed by atoms with Crippen molar-refractivity contribution in [2.45, 2.75) is 74.6 Å². The van der Waals surface area contributed by atoms with Crippen molar-refractivity contribution < 1.29 is 29.0 Å². The molecule has 3 saturated heterocycles. The van der Waals surface area contributed by atoms with Gasteiger partial charge < -0.3 is 25.2 Å². The molecular formula is C21H28N4O8S. The molecule has 2 amide bonds. The number of unbranched alkanes of at least 4 members (excludes halogenated alkanes) is 1. The first kappa shape index (κ1) is 24.3. The summed E-state index contributed by atoms with van der Waals surface area (Å²) < 4.78 is 11.4. The largest absolute Gasteiger partial charge is 0.480 e. The van der Waals surface area contributed by atoms with Gasteiger partial charge in [0, 0.05) is 23.9 Å². The summed E-state index contributed by atoms with van der Waals surface area (Å²) >= 11 is 1.33. The van der Waals surface area contributed by atoms with Crippen LogP contribution in [0.15, 0.2) is 15.8 Å². The van der Waals surface area contributed by atoms with Crippen LogP contribution in [0.4, 0.5) is 4.79 Å². The van der Waals surface area contributed by atoms with Crippen molar-refractivity contribution in [1.82, 2.24) is 20.2 Å². The molecule has 1 aromatic rings. The van der Waals surface area contributed by atoms with Crippen LogP contribution in [0, 0.1) is 6.92 Å². The van der Waals surface area contributed by atoms with Crippen LogP contribution in [0.25, 0.3) is 0 Å². The summed E-state index contributed by atoms with van der Waals surface area (Å²) in [6.45, 7) is 1.66. The SMILES string of the molecule is Cc1cn([C@H]2CC[C@@H](COC(=O)CCCC[C@]3(C(=O)O)SC[C@@H]4NC(=O)N[C@@H]43)O2)c(=O)[nH]c1=O. The Kier molecular flexibility index (Phi) is 7.03. The Balaban J connectivity index is 1.19. The molecule has 0 spiro atoms. The Morgan fingerprint density at radius 1 is 1.26 bits per heavy atom. The number of amides is 2. The minimum absolute atomic E-state index is 0.0583. The minimum Gasteiger partial charge on any atom is -0.480 e. The molecular weight excluding hydrogens is 468 g/mol. The van der Waals surface area contributed by atoms with Crippen molar-refractivity contribution in [2.24, 2.45) is 0 Å². The number of aryl methyl sites for hydroxylation is 1. The number of rotatable bonds is 9. The van der Waals surface area contributed by atoms with Gasteiger partial charge >= 0.3 is 23.7 Å². The quantitative estimate of drug-likeness (QED) is 0.213. The predicted octanol–water partition coefficient (Wildman–Crippen LogP) is 0.246. The molecule has 186 valence electrons. The lowest BCUT2D eigenvalue weighted by Gasteiger charge is -2.29. The van der Waals surface area contributed by atoms with Gasteiger partial charge in [0.2, 0.25) is 0 Å². The van der Waals surface area contributed by atoms with Gasteiger partial charge in [-0.15, -0.1) is 11.8 Å². The smallest absolute Gasteiger partial charge is 0.330 e. The maximum atomic E-state index is 12.2. The third-order valence-electron chi connectivity index (χ3n) is 6.54. The molecule has 0 saturated carbocycles. The number of ether oxygens (including phenoxy) is 2. The zero-order valence-corrected chi connectivity index (χ0v) is 19.5. The molecule has 34 heavy (non-hydrogen) atoms. The number of nitrogens with zero attached hydrogens (tertiary/aromatic N) is 1. The predicted molar refractivity (Wildman–Crippen MR) is 121 cm³/mol. The lowest BCUT2D eigenvalue weighted by atomic mass is 9.89. The van der Waals surface area contributed by atoms with Gasteiger partial charge in [-0.25, -0.2) is 9.59 Å². The number of aromatic nitrogens is 2. The van der Waals surface area contributed by atoms with Crippen molar-refractivity contribution in [3.63, 3.8) is 0 Å². The number of carbonyl (C=O) groups is 3. The summed E-state index contributed by atoms with van der Waals surface area (Å²) in [5.74, 6) is -0.826. The zero-order valence-electron chi connectivity index (χ0n) is 18.7. The van der Waals surface area contributed by atoms with Crippen LogP contribution in [0.3, 0.4) is 0 Å². The number of aliphatic carboxylic acids is 1. The molecule has 0 bridgehead atoms. The van der Waals surface area contributed by atoms with Gasteiger partial charge in [0.25, 0.3) is 5.56 Å². The van der Waals surface area contributed by atoms with E-state index in [1.165, 1.54) is 22.5 Å². The van der Waals surface area contributed by atoms with Gasteiger partial charge in [-0.05, 0) is 32.6 Å². The topological polar surface area (TPSA) is 169 Å². The molecule has 3 fully saturated rings. The number of hydrogen-bond donors (Lipinski definition) is 4. The minimum atomic E-state index is -1.10. The fraction of sp³-hybridized carbons (Fsp3) is 0.667. The number of H-pyrrole nitrogens is 1. The number of aromatic amines is 1. The Labute approximate surface area is 198 Å². The average Bonchev–Trinajstić information content (AvgIpc) is 3.48. The molecule has 12 nitrogen and oxygen atoms in total. The number of carboxylic acid groups (broad SMARTS) is 1. The van der Waals surface area contributed by atoms with E-state index in [9.17, 15) is 29.1 Å². The van der Waals surface area contributed by atoms with Gasteiger partial charge in [-0.3, -0.25) is 23.9 Å². The highest BCUT2D eigenvalue weighted by molar-refractivity contribution is 8.01. The zero-order chi connectivity index (χ0) is 24.5. The van der Waals surface area contributed by atoms with E-state index in [0.29, 0.717) is 43.4 Å². The van der Waals surface area contributed by atoms with Gasteiger partial charge in [0.1, 0.15) is 17.6 Å². The van der Waals surface area contributed by atoms with Crippen LogP contribution < -0.4 is 21.9 Å². The number of carbonyl (C=O) groups excluding carboxylic acids is 2. The summed E-state index contributed by atoms with van der Waals surface area (Å²) in [7, 11) is 0. The Morgan fingerprint density at radius 2 is 2.06 bits per heavy atom. The van der Waals surface area contributed by atoms with Crippen LogP contribution in [-0.4, -0.2) is 67.9 Å². The van der Waals surface area contributed by atoms with E-state index in [4.69, 9.17) is 9.47 Å². The molecule has 0 unspecified atom stereocenters. The van der Waals surface area contributed by atoms with Crippen molar-refractivity contribution in [3.8, 4) is 0 Å². The number of hydrogen-bond acceptors (Lipinski definition) is 8. The van der Waals surface area contributed by atoms with E-state index in [0.717, 1.165) is 0 Å². The van der Waals surface area contributed by atoms with Crippen molar-refractivity contribution >= 4 is 29.7 Å². The van der Waals surface area contributed by atoms with Gasteiger partial charge in [0.05, 0.1) is 18.2 Å². The molecule has 13 heteroatoms. The first-order chi connectivity index (χ1) is 16.2. The molecule has 0 radical (unpaired) electrons. The third-order valence-corrected chi connectivity index (χ3v) is 8.21. The second-order valence-corrected chi connectivity index (χ2v) is 10.2. The molecule has 4 N–H and O–H groups in total.